The second kappa shape index (κ2) is 12.7. The molecule has 0 saturated carbocycles. The third-order valence-corrected chi connectivity index (χ3v) is 5.79. The number of nitrogens with one attached hydrogen (secondary N) is 2. The molecule has 0 aliphatic rings. The van der Waals surface area contributed by atoms with Gasteiger partial charge in [-0.2, -0.15) is 0 Å². The van der Waals surface area contributed by atoms with Gasteiger partial charge in [0, 0.05) is 11.6 Å². The molecule has 0 aliphatic heterocycles. The van der Waals surface area contributed by atoms with E-state index in [1.165, 1.54) is 4.90 Å². The summed E-state index contributed by atoms with van der Waals surface area (Å²) in [6.07, 6.45) is 0.0355. The number of benzene rings is 1. The second-order valence-electron chi connectivity index (χ2n) is 10.9. The molecule has 4 amide bonds. The molecular formula is C27H44N4O5. The first-order valence-corrected chi connectivity index (χ1v) is 12.5. The molecule has 1 rings (SSSR count). The van der Waals surface area contributed by atoms with Crippen LogP contribution in [0.25, 0.3) is 0 Å². The molecule has 0 bridgehead atoms. The number of rotatable bonds is 11. The van der Waals surface area contributed by atoms with Crippen LogP contribution in [0.15, 0.2) is 24.3 Å². The number of alkyl carbamates (subject to hydrolysis) is 1. The van der Waals surface area contributed by atoms with E-state index in [9.17, 15) is 19.2 Å². The number of carbonyl (C=O) groups is 4. The van der Waals surface area contributed by atoms with Gasteiger partial charge in [-0.15, -0.1) is 0 Å². The molecule has 36 heavy (non-hydrogen) atoms. The summed E-state index contributed by atoms with van der Waals surface area (Å²) < 4.78 is 5.31. The summed E-state index contributed by atoms with van der Waals surface area (Å²) in [7, 11) is 0. The Hall–Kier alpha value is -3.10. The molecule has 0 aliphatic carbocycles. The number of primary amides is 1. The molecule has 4 N–H and O–H groups in total. The van der Waals surface area contributed by atoms with E-state index >= 15 is 0 Å². The zero-order valence-electron chi connectivity index (χ0n) is 23.2. The molecule has 202 valence electrons. The van der Waals surface area contributed by atoms with Crippen LogP contribution in [0.1, 0.15) is 92.3 Å². The Morgan fingerprint density at radius 3 is 1.94 bits per heavy atom. The lowest BCUT2D eigenvalue weighted by Gasteiger charge is -2.44. The average Bonchev–Trinajstić information content (AvgIpc) is 2.74. The molecule has 2 atom stereocenters. The maximum absolute atomic E-state index is 14.1. The van der Waals surface area contributed by atoms with Gasteiger partial charge in [-0.05, 0) is 72.4 Å². The summed E-state index contributed by atoms with van der Waals surface area (Å²) >= 11 is 0. The Morgan fingerprint density at radius 2 is 1.53 bits per heavy atom. The van der Waals surface area contributed by atoms with Gasteiger partial charge in [0.25, 0.3) is 0 Å². The van der Waals surface area contributed by atoms with Crippen molar-refractivity contribution >= 4 is 23.8 Å². The number of hydrogen-bond acceptors (Lipinski definition) is 5. The Balaban J connectivity index is 3.64. The topological polar surface area (TPSA) is 131 Å². The highest BCUT2D eigenvalue weighted by atomic mass is 16.6. The third kappa shape index (κ3) is 9.17. The Morgan fingerprint density at radius 1 is 0.972 bits per heavy atom. The SMILES string of the molecule is CCc1ccc(C(C(=O)NC(C)C)N(C(=O)C(CC(N)=O)NC(=O)OC(C)(C)C)C(C)(C)CC)cc1. The van der Waals surface area contributed by atoms with E-state index in [2.05, 4.69) is 10.6 Å². The van der Waals surface area contributed by atoms with Crippen molar-refractivity contribution in [2.24, 2.45) is 5.73 Å². The number of nitrogens with zero attached hydrogens (tertiary/aromatic N) is 1. The first-order valence-electron chi connectivity index (χ1n) is 12.5. The zero-order chi connectivity index (χ0) is 27.8. The molecule has 1 aromatic rings. The summed E-state index contributed by atoms with van der Waals surface area (Å²) in [6.45, 7) is 16.4. The molecule has 0 heterocycles. The minimum atomic E-state index is -1.31. The fourth-order valence-electron chi connectivity index (χ4n) is 3.68. The van der Waals surface area contributed by atoms with Crippen molar-refractivity contribution < 1.29 is 23.9 Å². The molecule has 9 nitrogen and oxygen atoms in total. The second-order valence-corrected chi connectivity index (χ2v) is 10.9. The van der Waals surface area contributed by atoms with Gasteiger partial charge in [0.2, 0.25) is 17.7 Å². The lowest BCUT2D eigenvalue weighted by Crippen LogP contribution is -2.60. The smallest absolute Gasteiger partial charge is 0.408 e. The van der Waals surface area contributed by atoms with Crippen molar-refractivity contribution in [2.75, 3.05) is 0 Å². The van der Waals surface area contributed by atoms with Crippen molar-refractivity contribution in [2.45, 2.75) is 111 Å². The highest BCUT2D eigenvalue weighted by molar-refractivity contribution is 5.95. The number of ether oxygens (including phenoxy) is 1. The molecule has 1 aromatic carbocycles. The molecule has 0 fully saturated rings. The van der Waals surface area contributed by atoms with Gasteiger partial charge in [0.15, 0.2) is 0 Å². The van der Waals surface area contributed by atoms with Crippen LogP contribution in [-0.4, -0.2) is 51.9 Å². The molecule has 0 spiro atoms. The fraction of sp³-hybridized carbons (Fsp3) is 0.630. The summed E-state index contributed by atoms with van der Waals surface area (Å²) in [4.78, 5) is 53.5. The summed E-state index contributed by atoms with van der Waals surface area (Å²) in [5, 5.41) is 5.42. The van der Waals surface area contributed by atoms with E-state index < -0.39 is 47.6 Å². The van der Waals surface area contributed by atoms with Crippen LogP contribution in [-0.2, 0) is 25.5 Å². The van der Waals surface area contributed by atoms with E-state index in [0.29, 0.717) is 12.0 Å². The largest absolute Gasteiger partial charge is 0.444 e. The maximum Gasteiger partial charge on any atom is 0.408 e. The van der Waals surface area contributed by atoms with Gasteiger partial charge in [-0.3, -0.25) is 14.4 Å². The van der Waals surface area contributed by atoms with Crippen LogP contribution in [0.5, 0.6) is 0 Å². The predicted molar refractivity (Wildman–Crippen MR) is 140 cm³/mol. The van der Waals surface area contributed by atoms with Crippen molar-refractivity contribution in [3.05, 3.63) is 35.4 Å². The van der Waals surface area contributed by atoms with Crippen LogP contribution >= 0.6 is 0 Å². The van der Waals surface area contributed by atoms with E-state index in [0.717, 1.165) is 12.0 Å². The normalized spacial score (nSPS) is 13.5. The fourth-order valence-corrected chi connectivity index (χ4v) is 3.68. The minimum Gasteiger partial charge on any atom is -0.444 e. The summed E-state index contributed by atoms with van der Waals surface area (Å²) in [5.74, 6) is -1.73. The van der Waals surface area contributed by atoms with E-state index in [-0.39, 0.29) is 11.9 Å². The Labute approximate surface area is 215 Å². The van der Waals surface area contributed by atoms with Crippen molar-refractivity contribution in [1.29, 1.82) is 0 Å². The molecule has 0 radical (unpaired) electrons. The summed E-state index contributed by atoms with van der Waals surface area (Å²) in [6, 6.07) is 5.03. The summed E-state index contributed by atoms with van der Waals surface area (Å²) in [5.41, 5.74) is 5.52. The number of hydrogen-bond donors (Lipinski definition) is 3. The number of nitrogens with two attached hydrogens (primary N) is 1. The highest BCUT2D eigenvalue weighted by Crippen LogP contribution is 2.33. The van der Waals surface area contributed by atoms with Gasteiger partial charge in [0.1, 0.15) is 17.7 Å². The number of amides is 4. The molecule has 0 aromatic heterocycles. The lowest BCUT2D eigenvalue weighted by molar-refractivity contribution is -0.150. The highest BCUT2D eigenvalue weighted by Gasteiger charge is 2.43. The maximum atomic E-state index is 14.1. The van der Waals surface area contributed by atoms with Crippen LogP contribution in [0.2, 0.25) is 0 Å². The first kappa shape index (κ1) is 30.9. The lowest BCUT2D eigenvalue weighted by atomic mass is 9.91. The first-order chi connectivity index (χ1) is 16.5. The Bertz CT molecular complexity index is 919. The molecule has 2 unspecified atom stereocenters. The molecule has 0 saturated heterocycles. The van der Waals surface area contributed by atoms with Crippen LogP contribution in [0.4, 0.5) is 4.79 Å². The predicted octanol–water partition coefficient (Wildman–Crippen LogP) is 3.60. The van der Waals surface area contributed by atoms with Gasteiger partial charge >= 0.3 is 6.09 Å². The number of aryl methyl sites for hydroxylation is 1. The van der Waals surface area contributed by atoms with Crippen LogP contribution in [0.3, 0.4) is 0 Å². The van der Waals surface area contributed by atoms with Crippen LogP contribution in [0, 0.1) is 0 Å². The van der Waals surface area contributed by atoms with Crippen molar-refractivity contribution in [3.8, 4) is 0 Å². The van der Waals surface area contributed by atoms with Crippen LogP contribution < -0.4 is 16.4 Å². The van der Waals surface area contributed by atoms with Crippen molar-refractivity contribution in [1.82, 2.24) is 15.5 Å². The van der Waals surface area contributed by atoms with Crippen molar-refractivity contribution in [3.63, 3.8) is 0 Å². The zero-order valence-corrected chi connectivity index (χ0v) is 23.2. The standard InChI is InChI=1S/C27H44N4O5/c1-10-18-12-14-19(15-13-18)22(23(33)29-17(3)4)31(27(8,9)11-2)24(34)20(16-21(28)32)30-25(35)36-26(5,6)7/h12-15,17,20,22H,10-11,16H2,1-9H3,(H2,28,32)(H,29,33)(H,30,35). The van der Waals surface area contributed by atoms with Gasteiger partial charge in [-0.25, -0.2) is 4.79 Å². The van der Waals surface area contributed by atoms with Gasteiger partial charge in [0.05, 0.1) is 6.42 Å². The number of carbonyl (C=O) groups excluding carboxylic acids is 4. The molecule has 9 heteroatoms. The Kier molecular flexibility index (Phi) is 10.9. The quantitative estimate of drug-likeness (QED) is 0.424. The average molecular weight is 505 g/mol. The minimum absolute atomic E-state index is 0.169. The van der Waals surface area contributed by atoms with Gasteiger partial charge in [-0.1, -0.05) is 38.1 Å². The monoisotopic (exact) mass is 504 g/mol. The third-order valence-electron chi connectivity index (χ3n) is 5.79. The molecular weight excluding hydrogens is 460 g/mol. The van der Waals surface area contributed by atoms with Gasteiger partial charge < -0.3 is 26.0 Å². The van der Waals surface area contributed by atoms with E-state index in [4.69, 9.17) is 10.5 Å². The van der Waals surface area contributed by atoms with E-state index in [1.807, 2.05) is 65.8 Å². The van der Waals surface area contributed by atoms with E-state index in [1.54, 1.807) is 20.8 Å².